The second-order valence-electron chi connectivity index (χ2n) is 21.0. The molecule has 0 saturated heterocycles. The number of allylic oxidation sites excluding steroid dienone is 2. The first-order chi connectivity index (χ1) is 28.3. The van der Waals surface area contributed by atoms with Gasteiger partial charge >= 0.3 is 5.97 Å². The van der Waals surface area contributed by atoms with Crippen molar-refractivity contribution in [2.75, 3.05) is 20.1 Å². The molecular formula is C49H72ClN3O7. The molecule has 0 spiro atoms. The minimum atomic E-state index is -1.42. The SMILES string of the molecule is CNCC(O)(CCN)NC(=O)CC12CCC3C(CCC4C3CCC3C(C)(C)C(CC(=O)C5CC(C(=O)O)C5C)CCC43C)C1=C(C(C)C)C(=O)C2.O=Cc1ccc(Cl)cc1. The zero-order valence-electron chi connectivity index (χ0n) is 37.2. The second kappa shape index (κ2) is 18.1. The minimum absolute atomic E-state index is 0.0308. The van der Waals surface area contributed by atoms with Crippen LogP contribution >= 0.6 is 11.6 Å². The summed E-state index contributed by atoms with van der Waals surface area (Å²) in [6.07, 6.45) is 11.3. The van der Waals surface area contributed by atoms with Gasteiger partial charge in [0.25, 0.3) is 0 Å². The van der Waals surface area contributed by atoms with Gasteiger partial charge in [0.05, 0.1) is 5.92 Å². The Balaban J connectivity index is 0.000000594. The molecule has 10 nitrogen and oxygen atoms in total. The molecule has 6 aliphatic carbocycles. The molecule has 0 aliphatic heterocycles. The average Bonchev–Trinajstić information content (AvgIpc) is 3.47. The molecule has 5 fully saturated rings. The van der Waals surface area contributed by atoms with E-state index in [1.807, 2.05) is 6.92 Å². The van der Waals surface area contributed by atoms with Gasteiger partial charge in [-0.3, -0.25) is 24.0 Å². The molecule has 11 heteroatoms. The summed E-state index contributed by atoms with van der Waals surface area (Å²) < 4.78 is 0. The number of fused-ring (bicyclic) bond motifs is 7. The van der Waals surface area contributed by atoms with Gasteiger partial charge in [0, 0.05) is 54.1 Å². The zero-order valence-corrected chi connectivity index (χ0v) is 37.9. The first kappa shape index (κ1) is 46.6. The van der Waals surface area contributed by atoms with Crippen molar-refractivity contribution in [1.82, 2.24) is 10.6 Å². The molecule has 12 atom stereocenters. The van der Waals surface area contributed by atoms with E-state index in [1.54, 1.807) is 31.3 Å². The van der Waals surface area contributed by atoms with Crippen LogP contribution in [-0.2, 0) is 19.2 Å². The van der Waals surface area contributed by atoms with Crippen LogP contribution in [0.3, 0.4) is 0 Å². The molecule has 0 aromatic heterocycles. The fourth-order valence-electron chi connectivity index (χ4n) is 14.3. The number of carboxylic acids is 1. The van der Waals surface area contributed by atoms with Gasteiger partial charge in [0.15, 0.2) is 11.5 Å². The summed E-state index contributed by atoms with van der Waals surface area (Å²) in [6, 6.07) is 6.72. The van der Waals surface area contributed by atoms with Crippen LogP contribution in [0.15, 0.2) is 35.4 Å². The molecule has 332 valence electrons. The molecule has 7 rings (SSSR count). The van der Waals surface area contributed by atoms with Crippen molar-refractivity contribution in [2.24, 2.45) is 81.2 Å². The zero-order chi connectivity index (χ0) is 43.9. The number of nitrogens with two attached hydrogens (primary N) is 1. The predicted octanol–water partition coefficient (Wildman–Crippen LogP) is 8.03. The van der Waals surface area contributed by atoms with Gasteiger partial charge in [-0.15, -0.1) is 0 Å². The van der Waals surface area contributed by atoms with E-state index in [4.69, 9.17) is 17.3 Å². The number of halogens is 1. The summed E-state index contributed by atoms with van der Waals surface area (Å²) in [6.45, 7) is 14.0. The minimum Gasteiger partial charge on any atom is -0.481 e. The fourth-order valence-corrected chi connectivity index (χ4v) is 14.4. The van der Waals surface area contributed by atoms with Gasteiger partial charge < -0.3 is 26.6 Å². The highest BCUT2D eigenvalue weighted by molar-refractivity contribution is 6.30. The molecule has 60 heavy (non-hydrogen) atoms. The number of hydrogen-bond acceptors (Lipinski definition) is 8. The smallest absolute Gasteiger partial charge is 0.306 e. The van der Waals surface area contributed by atoms with Crippen molar-refractivity contribution in [1.29, 1.82) is 0 Å². The van der Waals surface area contributed by atoms with Gasteiger partial charge in [-0.05, 0) is 147 Å². The largest absolute Gasteiger partial charge is 0.481 e. The van der Waals surface area contributed by atoms with Crippen LogP contribution in [0.4, 0.5) is 0 Å². The third-order valence-electron chi connectivity index (χ3n) is 17.2. The second-order valence-corrected chi connectivity index (χ2v) is 21.5. The Morgan fingerprint density at radius 3 is 2.30 bits per heavy atom. The number of nitrogens with one attached hydrogen (secondary N) is 2. The number of ketones is 2. The van der Waals surface area contributed by atoms with Crippen molar-refractivity contribution >= 4 is 41.3 Å². The lowest BCUT2D eigenvalue weighted by Crippen LogP contribution is -2.58. The summed E-state index contributed by atoms with van der Waals surface area (Å²) in [5, 5.41) is 27.2. The molecule has 0 radical (unpaired) electrons. The van der Waals surface area contributed by atoms with Crippen molar-refractivity contribution in [3.05, 3.63) is 46.0 Å². The molecular weight excluding hydrogens is 778 g/mol. The highest BCUT2D eigenvalue weighted by Crippen LogP contribution is 2.70. The van der Waals surface area contributed by atoms with Gasteiger partial charge in [-0.2, -0.15) is 0 Å². The standard InChI is InChI=1S/C42H67N3O6.C7H5ClO/c1-23(2)36-33(47)20-41(21-35(48)45-42(51,16-17-43)22-44-7)15-13-26-27-9-11-34-39(4,5)25(18-32(46)29-19-30(24(29)3)38(49)50)12-14-40(34,6)31(27)10-8-28(26)37(36)41;8-7-3-1-6(5-9)2-4-7/h23-31,34,44,51H,8-22,43H2,1-7H3,(H,45,48)(H,49,50);1-5H. The number of Topliss-reactive ketones (excluding diaryl/α,β-unsaturated/α-hetero) is 2. The van der Waals surface area contributed by atoms with Crippen LogP contribution in [0.25, 0.3) is 0 Å². The van der Waals surface area contributed by atoms with Gasteiger partial charge in [-0.1, -0.05) is 70.8 Å². The number of carbonyl (C=O) groups is 5. The average molecular weight is 851 g/mol. The molecule has 1 aromatic rings. The highest BCUT2D eigenvalue weighted by atomic mass is 35.5. The van der Waals surface area contributed by atoms with E-state index in [-0.39, 0.29) is 77.9 Å². The van der Waals surface area contributed by atoms with Crippen LogP contribution in [0, 0.1) is 75.4 Å². The van der Waals surface area contributed by atoms with E-state index in [9.17, 15) is 34.2 Å². The number of aldehydes is 1. The molecule has 1 aromatic carbocycles. The Hall–Kier alpha value is -2.92. The lowest BCUT2D eigenvalue weighted by molar-refractivity contribution is -0.163. The van der Waals surface area contributed by atoms with Crippen LogP contribution in [0.1, 0.15) is 135 Å². The number of carboxylic acid groups (broad SMARTS) is 1. The van der Waals surface area contributed by atoms with E-state index < -0.39 is 17.1 Å². The summed E-state index contributed by atoms with van der Waals surface area (Å²) in [4.78, 5) is 62.7. The number of rotatable bonds is 13. The summed E-state index contributed by atoms with van der Waals surface area (Å²) in [5.41, 5.74) is 7.03. The normalized spacial score (nSPS) is 36.2. The van der Waals surface area contributed by atoms with Gasteiger partial charge in [0.2, 0.25) is 5.91 Å². The van der Waals surface area contributed by atoms with Crippen LogP contribution < -0.4 is 16.4 Å². The lowest BCUT2D eigenvalue weighted by atomic mass is 9.39. The monoisotopic (exact) mass is 850 g/mol. The summed E-state index contributed by atoms with van der Waals surface area (Å²) in [5.74, 6) is 1.96. The first-order valence-electron chi connectivity index (χ1n) is 22.9. The lowest BCUT2D eigenvalue weighted by Gasteiger charge is -2.65. The molecule has 1 amide bonds. The van der Waals surface area contributed by atoms with Gasteiger partial charge in [-0.25, -0.2) is 0 Å². The number of hydrogen-bond donors (Lipinski definition) is 5. The summed E-state index contributed by atoms with van der Waals surface area (Å²) >= 11 is 5.55. The quantitative estimate of drug-likeness (QED) is 0.0972. The molecule has 12 unspecified atom stereocenters. The molecule has 6 N–H and O–H groups in total. The number of likely N-dealkylation sites (N-methyl/N-ethyl adjacent to an activating group) is 1. The molecule has 5 saturated carbocycles. The number of benzene rings is 1. The number of aliphatic carboxylic acids is 1. The van der Waals surface area contributed by atoms with Crippen LogP contribution in [-0.4, -0.2) is 65.8 Å². The van der Waals surface area contributed by atoms with Crippen molar-refractivity contribution in [3.63, 3.8) is 0 Å². The third-order valence-corrected chi connectivity index (χ3v) is 17.5. The van der Waals surface area contributed by atoms with E-state index in [0.717, 1.165) is 56.8 Å². The van der Waals surface area contributed by atoms with Crippen molar-refractivity contribution in [3.8, 4) is 0 Å². The maximum Gasteiger partial charge on any atom is 0.306 e. The highest BCUT2D eigenvalue weighted by Gasteiger charge is 2.63. The van der Waals surface area contributed by atoms with Crippen molar-refractivity contribution < 1.29 is 34.2 Å². The Labute approximate surface area is 363 Å². The Bertz CT molecular complexity index is 1820. The van der Waals surface area contributed by atoms with Gasteiger partial charge in [0.1, 0.15) is 12.1 Å². The Kier molecular flexibility index (Phi) is 14.0. The predicted molar refractivity (Wildman–Crippen MR) is 234 cm³/mol. The maximum absolute atomic E-state index is 13.8. The summed E-state index contributed by atoms with van der Waals surface area (Å²) in [7, 11) is 1.74. The van der Waals surface area contributed by atoms with Crippen LogP contribution in [0.2, 0.25) is 5.02 Å². The van der Waals surface area contributed by atoms with Crippen molar-refractivity contribution in [2.45, 2.75) is 131 Å². The Morgan fingerprint density at radius 1 is 1.00 bits per heavy atom. The number of amides is 1. The topological polar surface area (TPSA) is 176 Å². The molecule has 0 bridgehead atoms. The number of carbonyl (C=O) groups excluding carboxylic acids is 4. The van der Waals surface area contributed by atoms with E-state index in [0.29, 0.717) is 65.4 Å². The van der Waals surface area contributed by atoms with E-state index in [1.165, 1.54) is 12.0 Å². The van der Waals surface area contributed by atoms with Crippen LogP contribution in [0.5, 0.6) is 0 Å². The molecule has 0 heterocycles. The van der Waals surface area contributed by atoms with E-state index in [2.05, 4.69) is 45.3 Å². The molecule has 6 aliphatic rings. The Morgan fingerprint density at radius 2 is 1.70 bits per heavy atom. The first-order valence-corrected chi connectivity index (χ1v) is 23.3. The fraction of sp³-hybridized carbons (Fsp3) is 0.735. The third kappa shape index (κ3) is 8.70. The number of aliphatic hydroxyl groups is 1. The maximum atomic E-state index is 13.8. The van der Waals surface area contributed by atoms with E-state index >= 15 is 0 Å².